The lowest BCUT2D eigenvalue weighted by Crippen LogP contribution is -2.42. The molecule has 0 unspecified atom stereocenters. The third-order valence-corrected chi connectivity index (χ3v) is 4.19. The average molecular weight is 318 g/mol. The Labute approximate surface area is 135 Å². The van der Waals surface area contributed by atoms with Gasteiger partial charge >= 0.3 is 6.03 Å². The van der Waals surface area contributed by atoms with Crippen molar-refractivity contribution in [2.75, 3.05) is 6.54 Å². The molecule has 7 heteroatoms. The van der Waals surface area contributed by atoms with E-state index in [9.17, 15) is 9.59 Å². The van der Waals surface area contributed by atoms with Crippen molar-refractivity contribution in [3.8, 4) is 5.88 Å². The van der Waals surface area contributed by atoms with E-state index < -0.39 is 6.04 Å². The van der Waals surface area contributed by atoms with Crippen molar-refractivity contribution in [2.45, 2.75) is 50.8 Å². The van der Waals surface area contributed by atoms with E-state index in [0.717, 1.165) is 18.4 Å². The predicted molar refractivity (Wildman–Crippen MR) is 83.9 cm³/mol. The second-order valence-electron chi connectivity index (χ2n) is 6.01. The highest BCUT2D eigenvalue weighted by Crippen LogP contribution is 2.22. The number of hydrogen-bond donors (Lipinski definition) is 3. The molecule has 2 heterocycles. The van der Waals surface area contributed by atoms with Crippen LogP contribution in [0.5, 0.6) is 5.88 Å². The van der Waals surface area contributed by atoms with Gasteiger partial charge in [0.15, 0.2) is 0 Å². The number of nitrogens with zero attached hydrogens (tertiary/aromatic N) is 1. The Kier molecular flexibility index (Phi) is 4.95. The number of nitrogens with one attached hydrogen (secondary N) is 3. The van der Waals surface area contributed by atoms with Crippen LogP contribution in [-0.2, 0) is 11.3 Å². The molecule has 1 aromatic rings. The van der Waals surface area contributed by atoms with Gasteiger partial charge in [0.25, 0.3) is 0 Å². The van der Waals surface area contributed by atoms with E-state index >= 15 is 0 Å². The van der Waals surface area contributed by atoms with Crippen LogP contribution in [0.4, 0.5) is 4.79 Å². The van der Waals surface area contributed by atoms with E-state index in [0.29, 0.717) is 19.0 Å². The minimum absolute atomic E-state index is 0.203. The summed E-state index contributed by atoms with van der Waals surface area (Å²) in [4.78, 5) is 27.2. The first-order valence-electron chi connectivity index (χ1n) is 8.14. The number of amides is 3. The van der Waals surface area contributed by atoms with Gasteiger partial charge in [0, 0.05) is 25.4 Å². The molecule has 7 nitrogen and oxygen atoms in total. The minimum Gasteiger partial charge on any atom is -0.474 e. The Balaban J connectivity index is 1.45. The number of carbonyl (C=O) groups excluding carboxylic acids is 2. The summed E-state index contributed by atoms with van der Waals surface area (Å²) in [6, 6.07) is 2.92. The number of rotatable bonds is 5. The molecule has 0 bridgehead atoms. The third kappa shape index (κ3) is 4.34. The van der Waals surface area contributed by atoms with Crippen molar-refractivity contribution in [1.82, 2.24) is 20.9 Å². The Hall–Kier alpha value is -2.31. The van der Waals surface area contributed by atoms with Gasteiger partial charge in [-0.15, -0.1) is 0 Å². The summed E-state index contributed by atoms with van der Waals surface area (Å²) >= 11 is 0. The summed E-state index contributed by atoms with van der Waals surface area (Å²) in [5.74, 6) is 0.435. The summed E-state index contributed by atoms with van der Waals surface area (Å²) in [5, 5.41) is 7.89. The number of ether oxygens (including phenoxy) is 1. The molecule has 0 spiro atoms. The van der Waals surface area contributed by atoms with Gasteiger partial charge in [0.1, 0.15) is 12.1 Å². The zero-order valence-corrected chi connectivity index (χ0v) is 13.0. The van der Waals surface area contributed by atoms with Gasteiger partial charge in [-0.3, -0.25) is 4.79 Å². The van der Waals surface area contributed by atoms with E-state index in [1.165, 1.54) is 19.3 Å². The van der Waals surface area contributed by atoms with Crippen molar-refractivity contribution in [3.05, 3.63) is 23.9 Å². The normalized spacial score (nSPS) is 21.4. The Morgan fingerprint density at radius 3 is 2.78 bits per heavy atom. The molecule has 0 radical (unpaired) electrons. The maximum atomic E-state index is 11.9. The second kappa shape index (κ2) is 7.30. The first-order chi connectivity index (χ1) is 11.2. The lowest BCUT2D eigenvalue weighted by molar-refractivity contribution is -0.122. The van der Waals surface area contributed by atoms with Gasteiger partial charge in [0.05, 0.1) is 0 Å². The van der Waals surface area contributed by atoms with Gasteiger partial charge < -0.3 is 20.7 Å². The molecule has 2 aliphatic rings. The van der Waals surface area contributed by atoms with Gasteiger partial charge in [0.2, 0.25) is 11.8 Å². The highest BCUT2D eigenvalue weighted by molar-refractivity contribution is 5.90. The molecule has 3 N–H and O–H groups in total. The molecular formula is C16H22N4O3. The summed E-state index contributed by atoms with van der Waals surface area (Å²) in [6.07, 6.45) is 7.93. The van der Waals surface area contributed by atoms with Crippen LogP contribution >= 0.6 is 0 Å². The summed E-state index contributed by atoms with van der Waals surface area (Å²) < 4.78 is 5.87. The molecule has 1 atom stereocenters. The highest BCUT2D eigenvalue weighted by atomic mass is 16.5. The van der Waals surface area contributed by atoms with E-state index in [4.69, 9.17) is 4.74 Å². The maximum absolute atomic E-state index is 11.9. The molecule has 124 valence electrons. The van der Waals surface area contributed by atoms with E-state index in [1.54, 1.807) is 6.20 Å². The van der Waals surface area contributed by atoms with E-state index in [-0.39, 0.29) is 18.0 Å². The summed E-state index contributed by atoms with van der Waals surface area (Å²) in [6.45, 7) is 0.693. The topological polar surface area (TPSA) is 92.4 Å². The first-order valence-corrected chi connectivity index (χ1v) is 8.14. The molecule has 23 heavy (non-hydrogen) atoms. The van der Waals surface area contributed by atoms with Gasteiger partial charge in [-0.05, 0) is 31.2 Å². The SMILES string of the molecule is O=C1NC[C@@H](C(=O)NCc2ccc(OC3CCCCC3)nc2)N1. The van der Waals surface area contributed by atoms with Crippen LogP contribution in [0.3, 0.4) is 0 Å². The fourth-order valence-corrected chi connectivity index (χ4v) is 2.86. The third-order valence-electron chi connectivity index (χ3n) is 4.19. The van der Waals surface area contributed by atoms with Crippen LogP contribution in [0, 0.1) is 0 Å². The quantitative estimate of drug-likeness (QED) is 0.758. The average Bonchev–Trinajstić information content (AvgIpc) is 3.01. The molecule has 0 aromatic carbocycles. The van der Waals surface area contributed by atoms with Crippen LogP contribution in [-0.4, -0.2) is 35.6 Å². The molecule has 1 saturated heterocycles. The summed E-state index contributed by atoms with van der Waals surface area (Å²) in [7, 11) is 0. The van der Waals surface area contributed by atoms with Gasteiger partial charge in [-0.2, -0.15) is 0 Å². The molecule has 3 rings (SSSR count). The van der Waals surface area contributed by atoms with E-state index in [1.807, 2.05) is 12.1 Å². The van der Waals surface area contributed by atoms with Crippen LogP contribution in [0.25, 0.3) is 0 Å². The zero-order chi connectivity index (χ0) is 16.1. The minimum atomic E-state index is -0.510. The monoisotopic (exact) mass is 318 g/mol. The molecular weight excluding hydrogens is 296 g/mol. The predicted octanol–water partition coefficient (Wildman–Crippen LogP) is 1.09. The fraction of sp³-hybridized carbons (Fsp3) is 0.562. The van der Waals surface area contributed by atoms with Crippen molar-refractivity contribution in [1.29, 1.82) is 0 Å². The van der Waals surface area contributed by atoms with Crippen LogP contribution in [0.15, 0.2) is 18.3 Å². The number of urea groups is 1. The Bertz CT molecular complexity index is 555. The van der Waals surface area contributed by atoms with Crippen molar-refractivity contribution >= 4 is 11.9 Å². The number of hydrogen-bond acceptors (Lipinski definition) is 4. The second-order valence-corrected chi connectivity index (χ2v) is 6.01. The van der Waals surface area contributed by atoms with Crippen LogP contribution < -0.4 is 20.7 Å². The highest BCUT2D eigenvalue weighted by Gasteiger charge is 2.26. The number of aromatic nitrogens is 1. The van der Waals surface area contributed by atoms with Crippen LogP contribution in [0.1, 0.15) is 37.7 Å². The van der Waals surface area contributed by atoms with Crippen molar-refractivity contribution in [3.63, 3.8) is 0 Å². The zero-order valence-electron chi connectivity index (χ0n) is 13.0. The maximum Gasteiger partial charge on any atom is 0.315 e. The smallest absolute Gasteiger partial charge is 0.315 e. The number of carbonyl (C=O) groups is 2. The summed E-state index contributed by atoms with van der Waals surface area (Å²) in [5.41, 5.74) is 0.895. The van der Waals surface area contributed by atoms with E-state index in [2.05, 4.69) is 20.9 Å². The molecule has 3 amide bonds. The van der Waals surface area contributed by atoms with Crippen molar-refractivity contribution in [2.24, 2.45) is 0 Å². The molecule has 1 aliphatic carbocycles. The molecule has 2 fully saturated rings. The first kappa shape index (κ1) is 15.6. The van der Waals surface area contributed by atoms with Crippen molar-refractivity contribution < 1.29 is 14.3 Å². The van der Waals surface area contributed by atoms with Crippen LogP contribution in [0.2, 0.25) is 0 Å². The number of pyridine rings is 1. The van der Waals surface area contributed by atoms with Gasteiger partial charge in [-0.1, -0.05) is 12.5 Å². The molecule has 1 saturated carbocycles. The largest absolute Gasteiger partial charge is 0.474 e. The Morgan fingerprint density at radius 2 is 2.13 bits per heavy atom. The fourth-order valence-electron chi connectivity index (χ4n) is 2.86. The van der Waals surface area contributed by atoms with Gasteiger partial charge in [-0.25, -0.2) is 9.78 Å². The molecule has 1 aromatic heterocycles. The lowest BCUT2D eigenvalue weighted by Gasteiger charge is -2.22. The Morgan fingerprint density at radius 1 is 1.30 bits per heavy atom. The molecule has 1 aliphatic heterocycles. The lowest BCUT2D eigenvalue weighted by atomic mass is 9.98. The standard InChI is InChI=1S/C16H22N4O3/c21-15(13-10-19-16(22)20-13)18-9-11-6-7-14(17-8-11)23-12-4-2-1-3-5-12/h6-8,12-13H,1-5,9-10H2,(H,18,21)(H2,19,20,22)/t13-/m0/s1.